The number of hydrogen-bond acceptors (Lipinski definition) is 3. The van der Waals surface area contributed by atoms with E-state index in [-0.39, 0.29) is 5.91 Å². The largest absolute Gasteiger partial charge is 0.336 e. The van der Waals surface area contributed by atoms with Crippen LogP contribution < -0.4 is 0 Å². The monoisotopic (exact) mass is 323 g/mol. The van der Waals surface area contributed by atoms with Gasteiger partial charge in [-0.25, -0.2) is 0 Å². The first-order valence-corrected chi connectivity index (χ1v) is 8.65. The molecule has 1 aromatic heterocycles. The molecule has 24 heavy (non-hydrogen) atoms. The average molecular weight is 323 g/mol. The van der Waals surface area contributed by atoms with E-state index in [0.29, 0.717) is 5.92 Å². The Labute approximate surface area is 144 Å². The molecule has 0 atom stereocenters. The van der Waals surface area contributed by atoms with Gasteiger partial charge in [0.05, 0.1) is 5.69 Å². The topological polar surface area (TPSA) is 36.4 Å². The first-order chi connectivity index (χ1) is 11.6. The highest BCUT2D eigenvalue weighted by molar-refractivity contribution is 5.94. The molecule has 1 aromatic carbocycles. The van der Waals surface area contributed by atoms with Crippen LogP contribution in [0.4, 0.5) is 0 Å². The zero-order valence-electron chi connectivity index (χ0n) is 14.5. The van der Waals surface area contributed by atoms with Crippen LogP contribution in [0.5, 0.6) is 0 Å². The maximum atomic E-state index is 12.6. The van der Waals surface area contributed by atoms with Crippen molar-refractivity contribution in [1.82, 2.24) is 14.8 Å². The minimum Gasteiger partial charge on any atom is -0.336 e. The summed E-state index contributed by atoms with van der Waals surface area (Å²) in [6, 6.07) is 14.0. The molecule has 1 aliphatic heterocycles. The van der Waals surface area contributed by atoms with Crippen molar-refractivity contribution in [3.63, 3.8) is 0 Å². The maximum Gasteiger partial charge on any atom is 0.253 e. The number of piperazine rings is 1. The van der Waals surface area contributed by atoms with Gasteiger partial charge in [0.15, 0.2) is 0 Å². The number of aromatic nitrogens is 1. The van der Waals surface area contributed by atoms with Gasteiger partial charge in [-0.1, -0.05) is 32.0 Å². The Morgan fingerprint density at radius 2 is 1.75 bits per heavy atom. The Bertz CT molecular complexity index is 659. The van der Waals surface area contributed by atoms with Crippen molar-refractivity contribution in [3.8, 4) is 0 Å². The third-order valence-electron chi connectivity index (χ3n) is 4.60. The molecule has 0 bridgehead atoms. The first kappa shape index (κ1) is 16.7. The fraction of sp³-hybridized carbons (Fsp3) is 0.400. The number of nitrogens with zero attached hydrogens (tertiary/aromatic N) is 3. The van der Waals surface area contributed by atoms with E-state index >= 15 is 0 Å². The van der Waals surface area contributed by atoms with Gasteiger partial charge < -0.3 is 4.90 Å². The van der Waals surface area contributed by atoms with E-state index in [1.807, 2.05) is 41.4 Å². The summed E-state index contributed by atoms with van der Waals surface area (Å²) < 4.78 is 0. The van der Waals surface area contributed by atoms with Crippen LogP contribution in [0.15, 0.2) is 48.7 Å². The Hall–Kier alpha value is -2.20. The second-order valence-electron chi connectivity index (χ2n) is 6.67. The van der Waals surface area contributed by atoms with Gasteiger partial charge in [0.2, 0.25) is 0 Å². The van der Waals surface area contributed by atoms with Gasteiger partial charge in [-0.3, -0.25) is 14.7 Å². The first-order valence-electron chi connectivity index (χ1n) is 8.65. The fourth-order valence-electron chi connectivity index (χ4n) is 3.02. The van der Waals surface area contributed by atoms with E-state index in [0.717, 1.165) is 44.0 Å². The molecule has 3 rings (SSSR count). The lowest BCUT2D eigenvalue weighted by Crippen LogP contribution is -2.48. The van der Waals surface area contributed by atoms with Crippen LogP contribution in [0.1, 0.15) is 41.4 Å². The molecule has 0 aliphatic carbocycles. The smallest absolute Gasteiger partial charge is 0.253 e. The number of pyridine rings is 1. The SMILES string of the molecule is CC(C)c1ccc(C(=O)N2CCN(Cc3ccccn3)CC2)cc1. The molecular formula is C20H25N3O. The second-order valence-corrected chi connectivity index (χ2v) is 6.67. The molecule has 1 amide bonds. The molecule has 126 valence electrons. The van der Waals surface area contributed by atoms with E-state index in [4.69, 9.17) is 0 Å². The lowest BCUT2D eigenvalue weighted by Gasteiger charge is -2.34. The molecule has 0 radical (unpaired) electrons. The van der Waals surface area contributed by atoms with Crippen LogP contribution in [0.3, 0.4) is 0 Å². The van der Waals surface area contributed by atoms with Crippen LogP contribution in [0.2, 0.25) is 0 Å². The normalized spacial score (nSPS) is 15.7. The number of amides is 1. The van der Waals surface area contributed by atoms with Crippen molar-refractivity contribution in [2.24, 2.45) is 0 Å². The fourth-order valence-corrected chi connectivity index (χ4v) is 3.02. The summed E-state index contributed by atoms with van der Waals surface area (Å²) in [6.07, 6.45) is 1.83. The van der Waals surface area contributed by atoms with Crippen LogP contribution in [0, 0.1) is 0 Å². The summed E-state index contributed by atoms with van der Waals surface area (Å²) in [5, 5.41) is 0. The standard InChI is InChI=1S/C20H25N3O/c1-16(2)17-6-8-18(9-7-17)20(24)23-13-11-22(12-14-23)15-19-5-3-4-10-21-19/h3-10,16H,11-15H2,1-2H3. The lowest BCUT2D eigenvalue weighted by molar-refractivity contribution is 0.0627. The lowest BCUT2D eigenvalue weighted by atomic mass is 10.0. The minimum atomic E-state index is 0.141. The number of hydrogen-bond donors (Lipinski definition) is 0. The van der Waals surface area contributed by atoms with Crippen molar-refractivity contribution in [1.29, 1.82) is 0 Å². The van der Waals surface area contributed by atoms with Crippen LogP contribution >= 0.6 is 0 Å². The molecule has 2 aromatic rings. The summed E-state index contributed by atoms with van der Waals surface area (Å²) in [5.74, 6) is 0.632. The maximum absolute atomic E-state index is 12.6. The third kappa shape index (κ3) is 4.01. The summed E-state index contributed by atoms with van der Waals surface area (Å²) in [4.78, 5) is 21.3. The van der Waals surface area contributed by atoms with Gasteiger partial charge in [-0.2, -0.15) is 0 Å². The zero-order valence-corrected chi connectivity index (χ0v) is 14.5. The van der Waals surface area contributed by atoms with E-state index in [2.05, 4.69) is 35.9 Å². The van der Waals surface area contributed by atoms with E-state index < -0.39 is 0 Å². The van der Waals surface area contributed by atoms with Gasteiger partial charge in [0, 0.05) is 44.5 Å². The summed E-state index contributed by atoms with van der Waals surface area (Å²) in [5.41, 5.74) is 3.14. The van der Waals surface area contributed by atoms with Crippen molar-refractivity contribution >= 4 is 5.91 Å². The highest BCUT2D eigenvalue weighted by Gasteiger charge is 2.22. The Morgan fingerprint density at radius 1 is 1.04 bits per heavy atom. The number of carbonyl (C=O) groups is 1. The van der Waals surface area contributed by atoms with Crippen LogP contribution in [-0.2, 0) is 6.54 Å². The molecule has 0 saturated carbocycles. The number of benzene rings is 1. The van der Waals surface area contributed by atoms with Gasteiger partial charge in [-0.15, -0.1) is 0 Å². The quantitative estimate of drug-likeness (QED) is 0.867. The predicted molar refractivity (Wildman–Crippen MR) is 95.9 cm³/mol. The Kier molecular flexibility index (Phi) is 5.26. The zero-order chi connectivity index (χ0) is 16.9. The van der Waals surface area contributed by atoms with Gasteiger partial charge in [0.1, 0.15) is 0 Å². The van der Waals surface area contributed by atoms with E-state index in [1.54, 1.807) is 0 Å². The van der Waals surface area contributed by atoms with Crippen molar-refractivity contribution in [2.75, 3.05) is 26.2 Å². The van der Waals surface area contributed by atoms with Gasteiger partial charge in [-0.05, 0) is 35.7 Å². The average Bonchev–Trinajstić information content (AvgIpc) is 2.63. The number of rotatable bonds is 4. The molecule has 4 heteroatoms. The van der Waals surface area contributed by atoms with Gasteiger partial charge in [0.25, 0.3) is 5.91 Å². The molecule has 0 spiro atoms. The van der Waals surface area contributed by atoms with Crippen LogP contribution in [0.25, 0.3) is 0 Å². The molecule has 1 saturated heterocycles. The highest BCUT2D eigenvalue weighted by atomic mass is 16.2. The molecule has 4 nitrogen and oxygen atoms in total. The Balaban J connectivity index is 1.55. The summed E-state index contributed by atoms with van der Waals surface area (Å²) in [6.45, 7) is 8.52. The second kappa shape index (κ2) is 7.58. The summed E-state index contributed by atoms with van der Waals surface area (Å²) in [7, 11) is 0. The van der Waals surface area contributed by atoms with Gasteiger partial charge >= 0.3 is 0 Å². The molecule has 1 fully saturated rings. The van der Waals surface area contributed by atoms with E-state index in [9.17, 15) is 4.79 Å². The molecule has 1 aliphatic rings. The van der Waals surface area contributed by atoms with E-state index in [1.165, 1.54) is 5.56 Å². The summed E-state index contributed by atoms with van der Waals surface area (Å²) >= 11 is 0. The van der Waals surface area contributed by atoms with Crippen molar-refractivity contribution < 1.29 is 4.79 Å². The molecular weight excluding hydrogens is 298 g/mol. The highest BCUT2D eigenvalue weighted by Crippen LogP contribution is 2.16. The minimum absolute atomic E-state index is 0.141. The molecule has 0 unspecified atom stereocenters. The van der Waals surface area contributed by atoms with Crippen molar-refractivity contribution in [2.45, 2.75) is 26.3 Å². The molecule has 0 N–H and O–H groups in total. The Morgan fingerprint density at radius 3 is 2.33 bits per heavy atom. The third-order valence-corrected chi connectivity index (χ3v) is 4.60. The van der Waals surface area contributed by atoms with Crippen molar-refractivity contribution in [3.05, 3.63) is 65.5 Å². The number of carbonyl (C=O) groups excluding carboxylic acids is 1. The van der Waals surface area contributed by atoms with Crippen LogP contribution in [-0.4, -0.2) is 46.9 Å². The predicted octanol–water partition coefficient (Wildman–Crippen LogP) is 3.16. The molecule has 2 heterocycles.